The van der Waals surface area contributed by atoms with Gasteiger partial charge in [0.15, 0.2) is 0 Å². The van der Waals surface area contributed by atoms with Gasteiger partial charge in [-0.1, -0.05) is 91.8 Å². The maximum absolute atomic E-state index is 14.4. The first-order valence-electron chi connectivity index (χ1n) is 18.7. The van der Waals surface area contributed by atoms with Crippen LogP contribution in [0.4, 0.5) is 4.79 Å². The molecule has 1 aliphatic rings. The van der Waals surface area contributed by atoms with Gasteiger partial charge in [-0.3, -0.25) is 9.78 Å². The Labute approximate surface area is 337 Å². The quantitative estimate of drug-likeness (QED) is 0.0623. The van der Waals surface area contributed by atoms with E-state index in [-0.39, 0.29) is 36.4 Å². The molecule has 0 aliphatic carbocycles. The van der Waals surface area contributed by atoms with Crippen molar-refractivity contribution in [2.75, 3.05) is 19.6 Å². The minimum atomic E-state index is -4.23. The van der Waals surface area contributed by atoms with Crippen LogP contribution in [0.2, 0.25) is 0 Å². The molecule has 298 valence electrons. The lowest BCUT2D eigenvalue weighted by molar-refractivity contribution is -0.128. The van der Waals surface area contributed by atoms with Crippen LogP contribution >= 0.6 is 11.3 Å². The molecule has 57 heavy (non-hydrogen) atoms. The average Bonchev–Trinajstić information content (AvgIpc) is 3.79. The second kappa shape index (κ2) is 18.6. The van der Waals surface area contributed by atoms with Crippen LogP contribution in [0.1, 0.15) is 41.2 Å². The number of benzene rings is 3. The number of aliphatic hydroxyl groups excluding tert-OH is 1. The van der Waals surface area contributed by atoms with Crippen molar-refractivity contribution in [1.82, 2.24) is 29.4 Å². The van der Waals surface area contributed by atoms with Crippen LogP contribution < -0.4 is 5.32 Å². The molecule has 0 bridgehead atoms. The number of thiazole rings is 1. The number of hydrogen-bond acceptors (Lipinski definition) is 10. The highest BCUT2D eigenvalue weighted by molar-refractivity contribution is 7.89. The molecule has 0 unspecified atom stereocenters. The molecule has 13 nitrogen and oxygen atoms in total. The molecule has 3 N–H and O–H groups in total. The summed E-state index contributed by atoms with van der Waals surface area (Å²) < 4.78 is 30.0. The first kappa shape index (κ1) is 41.2. The van der Waals surface area contributed by atoms with Gasteiger partial charge in [-0.2, -0.15) is 4.31 Å². The van der Waals surface area contributed by atoms with Gasteiger partial charge in [0.1, 0.15) is 6.04 Å². The second-order valence-corrected chi connectivity index (χ2v) is 17.3. The predicted octanol–water partition coefficient (Wildman–Crippen LogP) is 5.56. The van der Waals surface area contributed by atoms with E-state index >= 15 is 0 Å². The van der Waals surface area contributed by atoms with Crippen molar-refractivity contribution in [2.24, 2.45) is 11.1 Å². The van der Waals surface area contributed by atoms with Crippen molar-refractivity contribution in [1.29, 1.82) is 0 Å². The van der Waals surface area contributed by atoms with E-state index in [1.807, 2.05) is 98.9 Å². The molecule has 1 fully saturated rings. The Hall–Kier alpha value is -5.48. The van der Waals surface area contributed by atoms with Crippen molar-refractivity contribution in [3.8, 4) is 11.3 Å². The highest BCUT2D eigenvalue weighted by atomic mass is 32.2. The Morgan fingerprint density at radius 3 is 2.33 bits per heavy atom. The monoisotopic (exact) mass is 809 g/mol. The number of urea groups is 1. The summed E-state index contributed by atoms with van der Waals surface area (Å²) >= 11 is 1.52. The van der Waals surface area contributed by atoms with Gasteiger partial charge in [0.25, 0.3) is 0 Å². The third kappa shape index (κ3) is 10.3. The van der Waals surface area contributed by atoms with E-state index in [9.17, 15) is 23.1 Å². The summed E-state index contributed by atoms with van der Waals surface area (Å²) in [6.07, 6.45) is 1.72. The maximum atomic E-state index is 14.4. The van der Waals surface area contributed by atoms with E-state index < -0.39 is 34.1 Å². The van der Waals surface area contributed by atoms with Gasteiger partial charge >= 0.3 is 6.03 Å². The molecule has 0 spiro atoms. The Kier molecular flexibility index (Phi) is 13.5. The van der Waals surface area contributed by atoms with E-state index in [1.54, 1.807) is 16.0 Å². The molecular formula is C42H47N7O6S2. The zero-order chi connectivity index (χ0) is 40.5. The molecule has 15 heteroatoms. The van der Waals surface area contributed by atoms with Crippen molar-refractivity contribution >= 4 is 39.5 Å². The maximum Gasteiger partial charge on any atom is 0.321 e. The third-order valence-electron chi connectivity index (χ3n) is 9.86. The highest BCUT2D eigenvalue weighted by Gasteiger charge is 2.40. The van der Waals surface area contributed by atoms with Crippen LogP contribution in [0, 0.1) is 12.8 Å². The fraction of sp³-hybridized carbons (Fsp3) is 0.310. The highest BCUT2D eigenvalue weighted by Crippen LogP contribution is 2.25. The molecule has 1 saturated heterocycles. The minimum Gasteiger partial charge on any atom is -0.411 e. The molecule has 6 rings (SSSR count). The standard InChI is InChI=1S/C42H47N7O6S2/c1-29(2)40(49-22-21-47(42(49)52)26-35-28-56-30(3)45-35)41(51)46-38(23-31-9-5-4-6-10-31)39(50)27-48(57(54,55)36-18-14-32(15-19-36)24-44-53)25-33-12-16-34(17-13-33)37-11-7-8-20-43-37/h4-20,24,28-29,38-40,50,53H,21-23,25-27H2,1-3H3,(H,46,51)/t38-,39-,40-/m0/s1. The molecule has 3 amide bonds. The molecule has 3 atom stereocenters. The molecule has 3 aromatic carbocycles. The van der Waals surface area contributed by atoms with E-state index in [4.69, 9.17) is 5.21 Å². The minimum absolute atomic E-state index is 0.0247. The largest absolute Gasteiger partial charge is 0.411 e. The van der Waals surface area contributed by atoms with Gasteiger partial charge in [0.2, 0.25) is 15.9 Å². The van der Waals surface area contributed by atoms with Crippen molar-refractivity contribution in [3.05, 3.63) is 136 Å². The van der Waals surface area contributed by atoms with E-state index in [0.29, 0.717) is 30.8 Å². The van der Waals surface area contributed by atoms with E-state index in [1.165, 1.54) is 46.1 Å². The number of amides is 3. The van der Waals surface area contributed by atoms with Crippen LogP contribution in [0.5, 0.6) is 0 Å². The average molecular weight is 810 g/mol. The van der Waals surface area contributed by atoms with Gasteiger partial charge in [-0.25, -0.2) is 18.2 Å². The number of pyridine rings is 1. The lowest BCUT2D eigenvalue weighted by atomic mass is 9.97. The number of nitrogens with one attached hydrogen (secondary N) is 1. The number of oxime groups is 1. The van der Waals surface area contributed by atoms with Gasteiger partial charge < -0.3 is 25.4 Å². The number of aliphatic hydroxyl groups is 1. The number of carbonyl (C=O) groups excluding carboxylic acids is 2. The summed E-state index contributed by atoms with van der Waals surface area (Å²) in [6.45, 7) is 6.33. The number of carbonyl (C=O) groups is 2. The van der Waals surface area contributed by atoms with Crippen LogP contribution in [-0.4, -0.2) is 98.8 Å². The Balaban J connectivity index is 1.27. The normalized spacial score (nSPS) is 15.1. The molecular weight excluding hydrogens is 763 g/mol. The molecule has 1 aliphatic heterocycles. The first-order chi connectivity index (χ1) is 27.4. The second-order valence-electron chi connectivity index (χ2n) is 14.3. The summed E-state index contributed by atoms with van der Waals surface area (Å²) in [5.74, 6) is -0.708. The van der Waals surface area contributed by atoms with E-state index in [2.05, 4.69) is 20.4 Å². The fourth-order valence-electron chi connectivity index (χ4n) is 6.95. The van der Waals surface area contributed by atoms with Crippen LogP contribution in [0.15, 0.2) is 119 Å². The molecule has 0 radical (unpaired) electrons. The van der Waals surface area contributed by atoms with Gasteiger partial charge in [0, 0.05) is 43.3 Å². The topological polar surface area (TPSA) is 169 Å². The third-order valence-corrected chi connectivity index (χ3v) is 12.5. The lowest BCUT2D eigenvalue weighted by Crippen LogP contribution is -2.57. The summed E-state index contributed by atoms with van der Waals surface area (Å²) in [7, 11) is -4.23. The Morgan fingerprint density at radius 2 is 1.70 bits per heavy atom. The van der Waals surface area contributed by atoms with Gasteiger partial charge in [0.05, 0.1) is 46.2 Å². The van der Waals surface area contributed by atoms with Crippen LogP contribution in [0.25, 0.3) is 11.3 Å². The molecule has 3 heterocycles. The number of nitrogens with zero attached hydrogens (tertiary/aromatic N) is 6. The van der Waals surface area contributed by atoms with Gasteiger partial charge in [-0.05, 0) is 60.2 Å². The van der Waals surface area contributed by atoms with Gasteiger partial charge in [-0.15, -0.1) is 11.3 Å². The van der Waals surface area contributed by atoms with E-state index in [0.717, 1.165) is 27.5 Å². The fourth-order valence-corrected chi connectivity index (χ4v) is 9.00. The molecule has 5 aromatic rings. The number of aryl methyl sites for hydroxylation is 1. The molecule has 2 aromatic heterocycles. The summed E-state index contributed by atoms with van der Waals surface area (Å²) in [4.78, 5) is 40.1. The summed E-state index contributed by atoms with van der Waals surface area (Å²) in [5, 5.41) is 29.9. The van der Waals surface area contributed by atoms with Crippen LogP contribution in [0.3, 0.4) is 0 Å². The van der Waals surface area contributed by atoms with Crippen molar-refractivity contribution in [3.63, 3.8) is 0 Å². The zero-order valence-electron chi connectivity index (χ0n) is 32.0. The first-order valence-corrected chi connectivity index (χ1v) is 21.0. The number of sulfonamides is 1. The Morgan fingerprint density at radius 1 is 0.982 bits per heavy atom. The SMILES string of the molecule is Cc1nc(CN2CCN([C@H](C(=O)N[C@@H](Cc3ccccc3)[C@@H](O)CN(Cc3ccc(-c4ccccn4)cc3)S(=O)(=O)c3ccc(C=NO)cc3)C(C)C)C2=O)cs1. The van der Waals surface area contributed by atoms with Crippen molar-refractivity contribution < 1.29 is 28.3 Å². The number of aromatic nitrogens is 2. The number of rotatable bonds is 17. The molecule has 0 saturated carbocycles. The van der Waals surface area contributed by atoms with Crippen molar-refractivity contribution in [2.45, 2.75) is 63.4 Å². The Bertz CT molecular complexity index is 2240. The summed E-state index contributed by atoms with van der Waals surface area (Å²) in [5.41, 5.74) is 4.42. The smallest absolute Gasteiger partial charge is 0.321 e. The predicted molar refractivity (Wildman–Crippen MR) is 219 cm³/mol. The zero-order valence-corrected chi connectivity index (χ0v) is 33.7. The van der Waals surface area contributed by atoms with Crippen LogP contribution in [-0.2, 0) is 34.3 Å². The summed E-state index contributed by atoms with van der Waals surface area (Å²) in [6, 6.07) is 26.1. The number of hydrogen-bond donors (Lipinski definition) is 3. The lowest BCUT2D eigenvalue weighted by Gasteiger charge is -2.34.